The molecule has 5 heteroatoms. The van der Waals surface area contributed by atoms with Gasteiger partial charge in [-0.05, 0) is 43.3 Å². The number of hydrogen-bond acceptors (Lipinski definition) is 2. The van der Waals surface area contributed by atoms with Gasteiger partial charge in [-0.3, -0.25) is 0 Å². The van der Waals surface area contributed by atoms with Crippen molar-refractivity contribution < 1.29 is 13.5 Å². The Labute approximate surface area is 131 Å². The highest BCUT2D eigenvalue weighted by Crippen LogP contribution is 2.26. The van der Waals surface area contributed by atoms with Crippen molar-refractivity contribution in [2.24, 2.45) is 0 Å². The molecule has 2 aromatic rings. The predicted molar refractivity (Wildman–Crippen MR) is 82.5 cm³/mol. The van der Waals surface area contributed by atoms with E-state index in [4.69, 9.17) is 4.74 Å². The van der Waals surface area contributed by atoms with Gasteiger partial charge in [-0.25, -0.2) is 4.39 Å². The molecule has 0 aliphatic heterocycles. The van der Waals surface area contributed by atoms with E-state index in [2.05, 4.69) is 21.2 Å². The molecule has 0 unspecified atom stereocenters. The van der Waals surface area contributed by atoms with Crippen LogP contribution in [0.15, 0.2) is 40.9 Å². The normalized spacial score (nSPS) is 10.7. The second-order valence-corrected chi connectivity index (χ2v) is 5.57. The van der Waals surface area contributed by atoms with Gasteiger partial charge in [0.1, 0.15) is 6.61 Å². The summed E-state index contributed by atoms with van der Waals surface area (Å²) >= 11 is 3.11. The van der Waals surface area contributed by atoms with Crippen molar-refractivity contribution in [3.8, 4) is 5.75 Å². The number of likely N-dealkylation sites (N-methyl/N-ethyl adjacent to an activating group) is 1. The van der Waals surface area contributed by atoms with Crippen LogP contribution in [0.1, 0.15) is 11.1 Å². The monoisotopic (exact) mass is 355 g/mol. The van der Waals surface area contributed by atoms with E-state index in [9.17, 15) is 8.78 Å². The molecule has 112 valence electrons. The Kier molecular flexibility index (Phi) is 5.70. The molecule has 0 heterocycles. The molecule has 1 N–H and O–H groups in total. The second kappa shape index (κ2) is 7.52. The quantitative estimate of drug-likeness (QED) is 0.788. The molecule has 0 aliphatic carbocycles. The van der Waals surface area contributed by atoms with Crippen LogP contribution in [-0.4, -0.2) is 13.6 Å². The van der Waals surface area contributed by atoms with Crippen LogP contribution in [-0.2, 0) is 13.0 Å². The third-order valence-corrected chi connectivity index (χ3v) is 3.50. The van der Waals surface area contributed by atoms with Gasteiger partial charge in [-0.2, -0.15) is 4.39 Å². The third-order valence-electron chi connectivity index (χ3n) is 3.04. The molecular weight excluding hydrogens is 340 g/mol. The number of hydrogen-bond donors (Lipinski definition) is 1. The van der Waals surface area contributed by atoms with Gasteiger partial charge >= 0.3 is 0 Å². The zero-order valence-electron chi connectivity index (χ0n) is 11.6. The molecular formula is C16H16BrF2NO. The van der Waals surface area contributed by atoms with Crippen molar-refractivity contribution in [1.29, 1.82) is 0 Å². The summed E-state index contributed by atoms with van der Waals surface area (Å²) in [4.78, 5) is 0. The molecule has 0 fully saturated rings. The molecule has 0 spiro atoms. The average molecular weight is 356 g/mol. The number of rotatable bonds is 6. The molecule has 0 atom stereocenters. The maximum atomic E-state index is 13.6. The van der Waals surface area contributed by atoms with E-state index in [-0.39, 0.29) is 12.4 Å². The molecule has 21 heavy (non-hydrogen) atoms. The van der Waals surface area contributed by atoms with Gasteiger partial charge in [0.2, 0.25) is 5.82 Å². The van der Waals surface area contributed by atoms with Crippen molar-refractivity contribution in [1.82, 2.24) is 5.32 Å². The van der Waals surface area contributed by atoms with E-state index in [1.54, 1.807) is 0 Å². The minimum Gasteiger partial charge on any atom is -0.486 e. The molecule has 0 aromatic heterocycles. The van der Waals surface area contributed by atoms with Crippen molar-refractivity contribution in [3.63, 3.8) is 0 Å². The van der Waals surface area contributed by atoms with E-state index in [0.717, 1.165) is 24.6 Å². The van der Waals surface area contributed by atoms with Gasteiger partial charge in [0.25, 0.3) is 0 Å². The molecule has 0 radical (unpaired) electrons. The van der Waals surface area contributed by atoms with Crippen LogP contribution in [0.5, 0.6) is 5.75 Å². The molecule has 2 aromatic carbocycles. The van der Waals surface area contributed by atoms with Crippen LogP contribution < -0.4 is 10.1 Å². The Hall–Kier alpha value is -1.46. The maximum absolute atomic E-state index is 13.6. The smallest absolute Gasteiger partial charge is 0.200 e. The predicted octanol–water partition coefficient (Wildman–Crippen LogP) is 4.07. The van der Waals surface area contributed by atoms with Crippen molar-refractivity contribution >= 4 is 15.9 Å². The Morgan fingerprint density at radius 1 is 1.10 bits per heavy atom. The number of halogens is 3. The van der Waals surface area contributed by atoms with E-state index in [0.29, 0.717) is 4.47 Å². The minimum atomic E-state index is -0.969. The fourth-order valence-corrected chi connectivity index (χ4v) is 2.28. The summed E-state index contributed by atoms with van der Waals surface area (Å²) in [5, 5.41) is 3.09. The molecule has 0 aliphatic rings. The Balaban J connectivity index is 2.00. The average Bonchev–Trinajstić information content (AvgIpc) is 2.48. The van der Waals surface area contributed by atoms with Crippen molar-refractivity contribution in [2.75, 3.05) is 13.6 Å². The summed E-state index contributed by atoms with van der Waals surface area (Å²) in [5.41, 5.74) is 2.12. The van der Waals surface area contributed by atoms with Crippen LogP contribution in [0, 0.1) is 11.6 Å². The van der Waals surface area contributed by atoms with E-state index in [1.807, 2.05) is 31.3 Å². The second-order valence-electron chi connectivity index (χ2n) is 4.66. The topological polar surface area (TPSA) is 21.3 Å². The Morgan fingerprint density at radius 2 is 1.76 bits per heavy atom. The van der Waals surface area contributed by atoms with Gasteiger partial charge in [0.15, 0.2) is 11.6 Å². The lowest BCUT2D eigenvalue weighted by Crippen LogP contribution is -2.10. The van der Waals surface area contributed by atoms with E-state index in [1.165, 1.54) is 11.6 Å². The lowest BCUT2D eigenvalue weighted by Gasteiger charge is -2.09. The van der Waals surface area contributed by atoms with Crippen molar-refractivity contribution in [2.45, 2.75) is 13.0 Å². The molecule has 0 amide bonds. The van der Waals surface area contributed by atoms with Crippen molar-refractivity contribution in [3.05, 3.63) is 63.6 Å². The SMILES string of the molecule is CNCCc1ccc(COc2cc(Br)cc(F)c2F)cc1. The van der Waals surface area contributed by atoms with Gasteiger partial charge in [0.05, 0.1) is 0 Å². The van der Waals surface area contributed by atoms with Gasteiger partial charge in [-0.15, -0.1) is 0 Å². The number of ether oxygens (including phenoxy) is 1. The number of nitrogens with one attached hydrogen (secondary N) is 1. The minimum absolute atomic E-state index is 0.0962. The van der Waals surface area contributed by atoms with Crippen LogP contribution in [0.2, 0.25) is 0 Å². The fraction of sp³-hybridized carbons (Fsp3) is 0.250. The van der Waals surface area contributed by atoms with Crippen LogP contribution >= 0.6 is 15.9 Å². The summed E-state index contributed by atoms with van der Waals surface area (Å²) in [5.74, 6) is -1.99. The molecule has 2 nitrogen and oxygen atoms in total. The molecule has 0 saturated heterocycles. The Morgan fingerprint density at radius 3 is 2.43 bits per heavy atom. The van der Waals surface area contributed by atoms with Crippen LogP contribution in [0.3, 0.4) is 0 Å². The highest BCUT2D eigenvalue weighted by Gasteiger charge is 2.11. The lowest BCUT2D eigenvalue weighted by atomic mass is 10.1. The first-order valence-electron chi connectivity index (χ1n) is 6.60. The molecule has 2 rings (SSSR count). The molecule has 0 bridgehead atoms. The summed E-state index contributed by atoms with van der Waals surface area (Å²) in [6, 6.07) is 10.4. The summed E-state index contributed by atoms with van der Waals surface area (Å²) in [6.45, 7) is 1.11. The standard InChI is InChI=1S/C16H16BrF2NO/c1-20-7-6-11-2-4-12(5-3-11)10-21-15-9-13(17)8-14(18)16(15)19/h2-5,8-9,20H,6-7,10H2,1H3. The fourth-order valence-electron chi connectivity index (χ4n) is 1.87. The van der Waals surface area contributed by atoms with Gasteiger partial charge in [0, 0.05) is 4.47 Å². The van der Waals surface area contributed by atoms with Crippen LogP contribution in [0.25, 0.3) is 0 Å². The summed E-state index contributed by atoms with van der Waals surface area (Å²) < 4.78 is 32.6. The van der Waals surface area contributed by atoms with Gasteiger partial charge < -0.3 is 10.1 Å². The van der Waals surface area contributed by atoms with Crippen LogP contribution in [0.4, 0.5) is 8.78 Å². The third kappa shape index (κ3) is 4.51. The number of benzene rings is 2. The maximum Gasteiger partial charge on any atom is 0.200 e. The highest BCUT2D eigenvalue weighted by molar-refractivity contribution is 9.10. The highest BCUT2D eigenvalue weighted by atomic mass is 79.9. The van der Waals surface area contributed by atoms with E-state index < -0.39 is 11.6 Å². The lowest BCUT2D eigenvalue weighted by molar-refractivity contribution is 0.284. The van der Waals surface area contributed by atoms with E-state index >= 15 is 0 Å². The zero-order chi connectivity index (χ0) is 15.2. The molecule has 0 saturated carbocycles. The zero-order valence-corrected chi connectivity index (χ0v) is 13.2. The van der Waals surface area contributed by atoms with Gasteiger partial charge in [-0.1, -0.05) is 40.2 Å². The first-order chi connectivity index (χ1) is 10.1. The summed E-state index contributed by atoms with van der Waals surface area (Å²) in [6.07, 6.45) is 0.948. The first-order valence-corrected chi connectivity index (χ1v) is 7.39. The Bertz CT molecular complexity index is 602. The largest absolute Gasteiger partial charge is 0.486 e. The first kappa shape index (κ1) is 15.9. The summed E-state index contributed by atoms with van der Waals surface area (Å²) in [7, 11) is 1.91.